The molecule has 3 N–H and O–H groups in total. The fourth-order valence-corrected chi connectivity index (χ4v) is 1.49. The van der Waals surface area contributed by atoms with Crippen LogP contribution in [0, 0.1) is 5.92 Å². The number of anilines is 1. The van der Waals surface area contributed by atoms with Crippen molar-refractivity contribution >= 4 is 11.7 Å². The van der Waals surface area contributed by atoms with Crippen LogP contribution in [0.2, 0.25) is 0 Å². The van der Waals surface area contributed by atoms with Crippen molar-refractivity contribution in [3.05, 3.63) is 23.8 Å². The summed E-state index contributed by atoms with van der Waals surface area (Å²) in [4.78, 5) is 10.7. The summed E-state index contributed by atoms with van der Waals surface area (Å²) in [7, 11) is 0. The Morgan fingerprint density at radius 3 is 2.71 bits per heavy atom. The molecule has 0 saturated heterocycles. The molecule has 94 valence electrons. The predicted octanol–water partition coefficient (Wildman–Crippen LogP) is 2.78. The number of aromatic carboxylic acids is 1. The third kappa shape index (κ3) is 4.34. The lowest BCUT2D eigenvalue weighted by atomic mass is 10.1. The molecule has 0 amide bonds. The standard InChI is InChI=1S/C13H19NO3/c1-9(2)4-3-7-17-12-6-5-10(13(15)16)8-11(12)14/h5-6,8-9H,3-4,7,14H2,1-2H3,(H,15,16). The van der Waals surface area contributed by atoms with Gasteiger partial charge in [0.2, 0.25) is 0 Å². The quantitative estimate of drug-likeness (QED) is 0.589. The van der Waals surface area contributed by atoms with E-state index >= 15 is 0 Å². The second-order valence-electron chi connectivity index (χ2n) is 4.44. The summed E-state index contributed by atoms with van der Waals surface area (Å²) in [5.74, 6) is 0.229. The number of nitrogen functional groups attached to an aromatic ring is 1. The Balaban J connectivity index is 2.52. The van der Waals surface area contributed by atoms with Crippen LogP contribution in [0.15, 0.2) is 18.2 Å². The number of hydrogen-bond donors (Lipinski definition) is 2. The zero-order chi connectivity index (χ0) is 12.8. The van der Waals surface area contributed by atoms with E-state index in [-0.39, 0.29) is 5.56 Å². The molecule has 4 heteroatoms. The first-order chi connectivity index (χ1) is 8.00. The lowest BCUT2D eigenvalue weighted by Gasteiger charge is -2.10. The number of carbonyl (C=O) groups is 1. The van der Waals surface area contributed by atoms with Crippen LogP contribution in [0.5, 0.6) is 5.75 Å². The lowest BCUT2D eigenvalue weighted by molar-refractivity contribution is 0.0697. The van der Waals surface area contributed by atoms with Crippen LogP contribution >= 0.6 is 0 Å². The molecule has 0 aromatic heterocycles. The average Bonchev–Trinajstić information content (AvgIpc) is 2.25. The molecular formula is C13H19NO3. The van der Waals surface area contributed by atoms with Gasteiger partial charge in [-0.15, -0.1) is 0 Å². The Kier molecular flexibility index (Phi) is 4.82. The maximum Gasteiger partial charge on any atom is 0.335 e. The smallest absolute Gasteiger partial charge is 0.335 e. The number of hydrogen-bond acceptors (Lipinski definition) is 3. The van der Waals surface area contributed by atoms with Crippen molar-refractivity contribution in [2.24, 2.45) is 5.92 Å². The minimum atomic E-state index is -0.983. The first-order valence-corrected chi connectivity index (χ1v) is 5.76. The Morgan fingerprint density at radius 2 is 2.18 bits per heavy atom. The van der Waals surface area contributed by atoms with Crippen molar-refractivity contribution in [1.82, 2.24) is 0 Å². The molecular weight excluding hydrogens is 218 g/mol. The number of carboxylic acids is 1. The van der Waals surface area contributed by atoms with Crippen molar-refractivity contribution < 1.29 is 14.6 Å². The third-order valence-electron chi connectivity index (χ3n) is 2.44. The van der Waals surface area contributed by atoms with E-state index in [1.807, 2.05) is 0 Å². The highest BCUT2D eigenvalue weighted by Gasteiger charge is 2.06. The van der Waals surface area contributed by atoms with Gasteiger partial charge in [-0.3, -0.25) is 0 Å². The molecule has 0 spiro atoms. The van der Waals surface area contributed by atoms with Gasteiger partial charge in [0, 0.05) is 0 Å². The van der Waals surface area contributed by atoms with E-state index in [9.17, 15) is 4.79 Å². The molecule has 0 aliphatic carbocycles. The van der Waals surface area contributed by atoms with E-state index < -0.39 is 5.97 Å². The lowest BCUT2D eigenvalue weighted by Crippen LogP contribution is -2.04. The second-order valence-corrected chi connectivity index (χ2v) is 4.44. The number of ether oxygens (including phenoxy) is 1. The van der Waals surface area contributed by atoms with Gasteiger partial charge < -0.3 is 15.6 Å². The molecule has 17 heavy (non-hydrogen) atoms. The summed E-state index contributed by atoms with van der Waals surface area (Å²) in [6, 6.07) is 4.52. The summed E-state index contributed by atoms with van der Waals surface area (Å²) in [5.41, 5.74) is 6.26. The molecule has 0 heterocycles. The number of carboxylic acid groups (broad SMARTS) is 1. The fraction of sp³-hybridized carbons (Fsp3) is 0.462. The molecule has 0 aliphatic rings. The van der Waals surface area contributed by atoms with Crippen LogP contribution in [-0.2, 0) is 0 Å². The Bertz CT molecular complexity index is 388. The average molecular weight is 237 g/mol. The second kappa shape index (κ2) is 6.13. The number of benzene rings is 1. The molecule has 1 aromatic carbocycles. The summed E-state index contributed by atoms with van der Waals surface area (Å²) in [5, 5.41) is 8.78. The van der Waals surface area contributed by atoms with Crippen molar-refractivity contribution in [2.45, 2.75) is 26.7 Å². The van der Waals surface area contributed by atoms with Gasteiger partial charge in [-0.05, 0) is 37.0 Å². The molecule has 0 saturated carbocycles. The zero-order valence-corrected chi connectivity index (χ0v) is 10.3. The Morgan fingerprint density at radius 1 is 1.47 bits per heavy atom. The minimum Gasteiger partial charge on any atom is -0.491 e. The van der Waals surface area contributed by atoms with Gasteiger partial charge in [-0.2, -0.15) is 0 Å². The van der Waals surface area contributed by atoms with Crippen LogP contribution in [0.3, 0.4) is 0 Å². The first-order valence-electron chi connectivity index (χ1n) is 5.76. The molecule has 4 nitrogen and oxygen atoms in total. The van der Waals surface area contributed by atoms with Gasteiger partial charge in [0.05, 0.1) is 17.9 Å². The van der Waals surface area contributed by atoms with Crippen molar-refractivity contribution in [1.29, 1.82) is 0 Å². The Hall–Kier alpha value is -1.71. The van der Waals surface area contributed by atoms with Gasteiger partial charge in [-0.1, -0.05) is 13.8 Å². The highest BCUT2D eigenvalue weighted by Crippen LogP contribution is 2.23. The van der Waals surface area contributed by atoms with E-state index in [0.29, 0.717) is 24.0 Å². The van der Waals surface area contributed by atoms with Crippen molar-refractivity contribution in [3.8, 4) is 5.75 Å². The molecule has 1 rings (SSSR count). The van der Waals surface area contributed by atoms with Crippen molar-refractivity contribution in [2.75, 3.05) is 12.3 Å². The highest BCUT2D eigenvalue weighted by molar-refractivity contribution is 5.89. The van der Waals surface area contributed by atoms with Crippen LogP contribution in [0.1, 0.15) is 37.0 Å². The van der Waals surface area contributed by atoms with Crippen LogP contribution in [-0.4, -0.2) is 17.7 Å². The third-order valence-corrected chi connectivity index (χ3v) is 2.44. The zero-order valence-electron chi connectivity index (χ0n) is 10.3. The van der Waals surface area contributed by atoms with E-state index in [0.717, 1.165) is 12.8 Å². The number of rotatable bonds is 6. The van der Waals surface area contributed by atoms with Gasteiger partial charge in [0.1, 0.15) is 5.75 Å². The molecule has 0 atom stereocenters. The molecule has 0 radical (unpaired) electrons. The fourth-order valence-electron chi connectivity index (χ4n) is 1.49. The molecule has 0 aliphatic heterocycles. The van der Waals surface area contributed by atoms with Gasteiger partial charge >= 0.3 is 5.97 Å². The van der Waals surface area contributed by atoms with Crippen LogP contribution in [0.4, 0.5) is 5.69 Å². The summed E-state index contributed by atoms with van der Waals surface area (Å²) >= 11 is 0. The predicted molar refractivity (Wildman–Crippen MR) is 67.4 cm³/mol. The van der Waals surface area contributed by atoms with E-state index in [2.05, 4.69) is 13.8 Å². The molecule has 0 unspecified atom stereocenters. The summed E-state index contributed by atoms with van der Waals surface area (Å²) in [6.45, 7) is 4.93. The summed E-state index contributed by atoms with van der Waals surface area (Å²) in [6.07, 6.45) is 2.07. The molecule has 0 fully saturated rings. The van der Waals surface area contributed by atoms with Gasteiger partial charge in [0.25, 0.3) is 0 Å². The van der Waals surface area contributed by atoms with Crippen LogP contribution < -0.4 is 10.5 Å². The first kappa shape index (κ1) is 13.4. The van der Waals surface area contributed by atoms with Crippen molar-refractivity contribution in [3.63, 3.8) is 0 Å². The number of nitrogens with two attached hydrogens (primary N) is 1. The topological polar surface area (TPSA) is 72.5 Å². The maximum atomic E-state index is 10.7. The Labute approximate surface area is 101 Å². The molecule has 1 aromatic rings. The highest BCUT2D eigenvalue weighted by atomic mass is 16.5. The summed E-state index contributed by atoms with van der Waals surface area (Å²) < 4.78 is 5.50. The monoisotopic (exact) mass is 237 g/mol. The van der Waals surface area contributed by atoms with Gasteiger partial charge in [0.15, 0.2) is 0 Å². The largest absolute Gasteiger partial charge is 0.491 e. The van der Waals surface area contributed by atoms with Crippen LogP contribution in [0.25, 0.3) is 0 Å². The van der Waals surface area contributed by atoms with Gasteiger partial charge in [-0.25, -0.2) is 4.79 Å². The minimum absolute atomic E-state index is 0.178. The SMILES string of the molecule is CC(C)CCCOc1ccc(C(=O)O)cc1N. The maximum absolute atomic E-state index is 10.7. The van der Waals surface area contributed by atoms with E-state index in [4.69, 9.17) is 15.6 Å². The van der Waals surface area contributed by atoms with E-state index in [1.165, 1.54) is 12.1 Å². The van der Waals surface area contributed by atoms with E-state index in [1.54, 1.807) is 6.07 Å². The normalized spacial score (nSPS) is 10.5. The molecule has 0 bridgehead atoms.